The molecule has 2 rings (SSSR count). The molecule has 1 heterocycles. The van der Waals surface area contributed by atoms with Crippen molar-refractivity contribution in [2.75, 3.05) is 20.1 Å². The monoisotopic (exact) mass is 248 g/mol. The summed E-state index contributed by atoms with van der Waals surface area (Å²) in [5.41, 5.74) is 7.13. The number of nitrogens with zero attached hydrogens (tertiary/aromatic N) is 1. The predicted octanol–water partition coefficient (Wildman–Crippen LogP) is 2.72. The lowest BCUT2D eigenvalue weighted by Gasteiger charge is -2.22. The van der Waals surface area contributed by atoms with E-state index in [9.17, 15) is 0 Å². The smallest absolute Gasteiger partial charge is 0.0345 e. The van der Waals surface area contributed by atoms with E-state index in [2.05, 4.69) is 48.5 Å². The quantitative estimate of drug-likeness (QED) is 0.881. The summed E-state index contributed by atoms with van der Waals surface area (Å²) in [6, 6.07) is 9.08. The molecule has 17 heavy (non-hydrogen) atoms. The fraction of sp³-hybridized carbons (Fsp3) is 0.429. The minimum atomic E-state index is 0.458. The van der Waals surface area contributed by atoms with Crippen LogP contribution in [0.5, 0.6) is 0 Å². The summed E-state index contributed by atoms with van der Waals surface area (Å²) < 4.78 is 1.39. The van der Waals surface area contributed by atoms with E-state index in [0.717, 1.165) is 19.5 Å². The highest BCUT2D eigenvalue weighted by atomic mass is 32.1. The van der Waals surface area contributed by atoms with Crippen LogP contribution >= 0.6 is 11.3 Å². The second kappa shape index (κ2) is 5.63. The normalized spacial score (nSPS) is 13.4. The Balaban J connectivity index is 2.04. The SMILES string of the molecule is CC(CN)N(C)CCc1csc2ccccc12. The van der Waals surface area contributed by atoms with Crippen molar-refractivity contribution in [2.45, 2.75) is 19.4 Å². The number of thiophene rings is 1. The van der Waals surface area contributed by atoms with Gasteiger partial charge in [-0.25, -0.2) is 0 Å². The fourth-order valence-corrected chi connectivity index (χ4v) is 2.92. The largest absolute Gasteiger partial charge is 0.329 e. The summed E-state index contributed by atoms with van der Waals surface area (Å²) in [6.45, 7) is 3.96. The first kappa shape index (κ1) is 12.6. The highest BCUT2D eigenvalue weighted by molar-refractivity contribution is 7.17. The summed E-state index contributed by atoms with van der Waals surface area (Å²) in [5, 5.41) is 3.69. The van der Waals surface area contributed by atoms with Crippen molar-refractivity contribution >= 4 is 21.4 Å². The molecule has 0 aliphatic carbocycles. The first-order valence-corrected chi connectivity index (χ1v) is 6.95. The molecule has 0 radical (unpaired) electrons. The number of likely N-dealkylation sites (N-methyl/N-ethyl adjacent to an activating group) is 1. The van der Waals surface area contributed by atoms with Crippen molar-refractivity contribution in [1.29, 1.82) is 0 Å². The van der Waals surface area contributed by atoms with E-state index in [0.29, 0.717) is 6.04 Å². The van der Waals surface area contributed by atoms with Crippen LogP contribution in [0.1, 0.15) is 12.5 Å². The molecule has 0 saturated heterocycles. The first-order valence-electron chi connectivity index (χ1n) is 6.07. The van der Waals surface area contributed by atoms with Crippen molar-refractivity contribution in [2.24, 2.45) is 5.73 Å². The molecule has 0 fully saturated rings. The van der Waals surface area contributed by atoms with Crippen LogP contribution in [0.4, 0.5) is 0 Å². The lowest BCUT2D eigenvalue weighted by molar-refractivity contribution is 0.266. The number of fused-ring (bicyclic) bond motifs is 1. The second-order valence-electron chi connectivity index (χ2n) is 4.57. The molecular formula is C14H20N2S. The third-order valence-electron chi connectivity index (χ3n) is 3.39. The van der Waals surface area contributed by atoms with Crippen LogP contribution in [0.2, 0.25) is 0 Å². The molecule has 0 saturated carbocycles. The topological polar surface area (TPSA) is 29.3 Å². The molecule has 92 valence electrons. The Labute approximate surface area is 107 Å². The van der Waals surface area contributed by atoms with E-state index in [4.69, 9.17) is 5.73 Å². The van der Waals surface area contributed by atoms with Crippen molar-refractivity contribution < 1.29 is 0 Å². The summed E-state index contributed by atoms with van der Waals surface area (Å²) in [6.07, 6.45) is 1.10. The maximum Gasteiger partial charge on any atom is 0.0345 e. The van der Waals surface area contributed by atoms with Gasteiger partial charge in [0.1, 0.15) is 0 Å². The molecular weight excluding hydrogens is 228 g/mol. The Morgan fingerprint density at radius 2 is 2.12 bits per heavy atom. The molecule has 3 heteroatoms. The number of benzene rings is 1. The van der Waals surface area contributed by atoms with Crippen LogP contribution in [0.15, 0.2) is 29.6 Å². The first-order chi connectivity index (χ1) is 8.22. The van der Waals surface area contributed by atoms with Crippen LogP contribution in [0, 0.1) is 0 Å². The lowest BCUT2D eigenvalue weighted by Crippen LogP contribution is -2.36. The molecule has 1 aromatic carbocycles. The van der Waals surface area contributed by atoms with Gasteiger partial charge in [0.15, 0.2) is 0 Å². The Kier molecular flexibility index (Phi) is 4.15. The molecule has 0 aliphatic heterocycles. The fourth-order valence-electron chi connectivity index (χ4n) is 1.92. The highest BCUT2D eigenvalue weighted by Crippen LogP contribution is 2.25. The van der Waals surface area contributed by atoms with Gasteiger partial charge in [-0.1, -0.05) is 18.2 Å². The van der Waals surface area contributed by atoms with Crippen LogP contribution in [0.3, 0.4) is 0 Å². The number of nitrogens with two attached hydrogens (primary N) is 1. The molecule has 1 unspecified atom stereocenters. The summed E-state index contributed by atoms with van der Waals surface area (Å²) in [4.78, 5) is 2.33. The maximum absolute atomic E-state index is 5.67. The Hall–Kier alpha value is -0.900. The van der Waals surface area contributed by atoms with E-state index in [1.807, 2.05) is 11.3 Å². The van der Waals surface area contributed by atoms with Crippen LogP contribution in [-0.2, 0) is 6.42 Å². The molecule has 1 atom stereocenters. The minimum Gasteiger partial charge on any atom is -0.329 e. The maximum atomic E-state index is 5.67. The van der Waals surface area contributed by atoms with Gasteiger partial charge in [-0.15, -0.1) is 11.3 Å². The standard InChI is InChI=1S/C14H20N2S/c1-11(9-15)16(2)8-7-12-10-17-14-6-4-3-5-13(12)14/h3-6,10-11H,7-9,15H2,1-2H3. The zero-order chi connectivity index (χ0) is 12.3. The van der Waals surface area contributed by atoms with Crippen molar-refractivity contribution in [1.82, 2.24) is 4.90 Å². The van der Waals surface area contributed by atoms with Crippen LogP contribution in [0.25, 0.3) is 10.1 Å². The summed E-state index contributed by atoms with van der Waals surface area (Å²) in [5.74, 6) is 0. The second-order valence-corrected chi connectivity index (χ2v) is 5.48. The van der Waals surface area contributed by atoms with Gasteiger partial charge in [-0.2, -0.15) is 0 Å². The average Bonchev–Trinajstić information content (AvgIpc) is 2.78. The Morgan fingerprint density at radius 3 is 2.88 bits per heavy atom. The van der Waals surface area contributed by atoms with E-state index in [1.54, 1.807) is 0 Å². The van der Waals surface area contributed by atoms with Crippen molar-refractivity contribution in [3.8, 4) is 0 Å². The van der Waals surface area contributed by atoms with Gasteiger partial charge in [0.25, 0.3) is 0 Å². The molecule has 2 nitrogen and oxygen atoms in total. The average molecular weight is 248 g/mol. The highest BCUT2D eigenvalue weighted by Gasteiger charge is 2.08. The van der Waals surface area contributed by atoms with Gasteiger partial charge in [0, 0.05) is 23.8 Å². The molecule has 0 aliphatic rings. The van der Waals surface area contributed by atoms with Gasteiger partial charge < -0.3 is 10.6 Å². The predicted molar refractivity (Wildman–Crippen MR) is 76.7 cm³/mol. The van der Waals surface area contributed by atoms with Gasteiger partial charge in [0.05, 0.1) is 0 Å². The minimum absolute atomic E-state index is 0.458. The van der Waals surface area contributed by atoms with E-state index >= 15 is 0 Å². The van der Waals surface area contributed by atoms with E-state index < -0.39 is 0 Å². The van der Waals surface area contributed by atoms with Crippen LogP contribution in [-0.4, -0.2) is 31.1 Å². The number of hydrogen-bond acceptors (Lipinski definition) is 3. The molecule has 0 bridgehead atoms. The van der Waals surface area contributed by atoms with Gasteiger partial charge >= 0.3 is 0 Å². The number of rotatable bonds is 5. The molecule has 2 N–H and O–H groups in total. The third kappa shape index (κ3) is 2.86. The molecule has 0 spiro atoms. The molecule has 1 aromatic heterocycles. The molecule has 2 aromatic rings. The Bertz CT molecular complexity index is 478. The van der Waals surface area contributed by atoms with Crippen molar-refractivity contribution in [3.05, 3.63) is 35.2 Å². The summed E-state index contributed by atoms with van der Waals surface area (Å²) in [7, 11) is 2.14. The van der Waals surface area contributed by atoms with E-state index in [-0.39, 0.29) is 0 Å². The zero-order valence-corrected chi connectivity index (χ0v) is 11.3. The van der Waals surface area contributed by atoms with E-state index in [1.165, 1.54) is 15.6 Å². The van der Waals surface area contributed by atoms with Gasteiger partial charge in [0.2, 0.25) is 0 Å². The third-order valence-corrected chi connectivity index (χ3v) is 4.40. The lowest BCUT2D eigenvalue weighted by atomic mass is 10.1. The number of hydrogen-bond donors (Lipinski definition) is 1. The zero-order valence-electron chi connectivity index (χ0n) is 10.5. The van der Waals surface area contributed by atoms with Crippen molar-refractivity contribution in [3.63, 3.8) is 0 Å². The Morgan fingerprint density at radius 1 is 1.35 bits per heavy atom. The summed E-state index contributed by atoms with van der Waals surface area (Å²) >= 11 is 1.84. The molecule has 0 amide bonds. The van der Waals surface area contributed by atoms with Gasteiger partial charge in [-0.05, 0) is 42.8 Å². The van der Waals surface area contributed by atoms with Gasteiger partial charge in [-0.3, -0.25) is 0 Å². The van der Waals surface area contributed by atoms with Crippen LogP contribution < -0.4 is 5.73 Å².